The second-order valence-electron chi connectivity index (χ2n) is 5.09. The standard InChI is InChI=1S/C16H14F3NO2S/c1-10-6-12(3-4-13(10)16(17,18)19)23-20-8-11-2-5-14-15(7-11)22-9-21-14/h2-7,20H,8-9H2,1H3. The van der Waals surface area contributed by atoms with E-state index in [0.29, 0.717) is 12.3 Å². The number of halogens is 3. The smallest absolute Gasteiger partial charge is 0.416 e. The number of alkyl halides is 3. The summed E-state index contributed by atoms with van der Waals surface area (Å²) in [6.45, 7) is 2.25. The van der Waals surface area contributed by atoms with Gasteiger partial charge in [-0.15, -0.1) is 0 Å². The van der Waals surface area contributed by atoms with E-state index >= 15 is 0 Å². The third-order valence-corrected chi connectivity index (χ3v) is 4.18. The molecule has 1 aliphatic heterocycles. The van der Waals surface area contributed by atoms with E-state index in [1.54, 1.807) is 0 Å². The lowest BCUT2D eigenvalue weighted by Gasteiger charge is -2.11. The van der Waals surface area contributed by atoms with Crippen LogP contribution < -0.4 is 14.2 Å². The van der Waals surface area contributed by atoms with E-state index in [1.165, 1.54) is 31.0 Å². The Balaban J connectivity index is 1.60. The van der Waals surface area contributed by atoms with Gasteiger partial charge in [0.05, 0.1) is 5.56 Å². The van der Waals surface area contributed by atoms with Crippen molar-refractivity contribution in [3.8, 4) is 11.5 Å². The van der Waals surface area contributed by atoms with Gasteiger partial charge in [0.25, 0.3) is 0 Å². The van der Waals surface area contributed by atoms with Crippen molar-refractivity contribution in [3.63, 3.8) is 0 Å². The summed E-state index contributed by atoms with van der Waals surface area (Å²) in [7, 11) is 0. The fourth-order valence-electron chi connectivity index (χ4n) is 2.27. The zero-order valence-corrected chi connectivity index (χ0v) is 13.1. The Labute approximate surface area is 135 Å². The van der Waals surface area contributed by atoms with Gasteiger partial charge in [0.2, 0.25) is 6.79 Å². The monoisotopic (exact) mass is 341 g/mol. The van der Waals surface area contributed by atoms with Crippen molar-refractivity contribution >= 4 is 11.9 Å². The van der Waals surface area contributed by atoms with Crippen LogP contribution in [0.15, 0.2) is 41.3 Å². The number of rotatable bonds is 4. The average Bonchev–Trinajstić information content (AvgIpc) is 2.93. The molecule has 1 N–H and O–H groups in total. The molecule has 0 bridgehead atoms. The molecule has 2 aromatic rings. The molecule has 23 heavy (non-hydrogen) atoms. The lowest BCUT2D eigenvalue weighted by Crippen LogP contribution is -2.08. The molecule has 2 aromatic carbocycles. The highest BCUT2D eigenvalue weighted by molar-refractivity contribution is 7.97. The maximum atomic E-state index is 12.7. The first-order valence-electron chi connectivity index (χ1n) is 6.89. The van der Waals surface area contributed by atoms with E-state index in [1.807, 2.05) is 18.2 Å². The maximum Gasteiger partial charge on any atom is 0.416 e. The van der Waals surface area contributed by atoms with E-state index in [4.69, 9.17) is 9.47 Å². The van der Waals surface area contributed by atoms with Gasteiger partial charge in [0.15, 0.2) is 11.5 Å². The molecule has 3 rings (SSSR count). The molecule has 1 aliphatic rings. The molecule has 0 saturated heterocycles. The van der Waals surface area contributed by atoms with Crippen LogP contribution in [0.1, 0.15) is 16.7 Å². The SMILES string of the molecule is Cc1cc(SNCc2ccc3c(c2)OCO3)ccc1C(F)(F)F. The van der Waals surface area contributed by atoms with Crippen molar-refractivity contribution in [2.24, 2.45) is 0 Å². The average molecular weight is 341 g/mol. The maximum absolute atomic E-state index is 12.7. The minimum absolute atomic E-state index is 0.215. The number of ether oxygens (including phenoxy) is 2. The highest BCUT2D eigenvalue weighted by Gasteiger charge is 2.32. The fourth-order valence-corrected chi connectivity index (χ4v) is 3.05. The largest absolute Gasteiger partial charge is 0.454 e. The molecule has 0 atom stereocenters. The quantitative estimate of drug-likeness (QED) is 0.827. The topological polar surface area (TPSA) is 30.5 Å². The van der Waals surface area contributed by atoms with Gasteiger partial charge in [-0.2, -0.15) is 13.2 Å². The zero-order chi connectivity index (χ0) is 16.4. The molecule has 0 aliphatic carbocycles. The Bertz CT molecular complexity index is 719. The molecule has 0 saturated carbocycles. The number of fused-ring (bicyclic) bond motifs is 1. The Hall–Kier alpha value is -1.86. The summed E-state index contributed by atoms with van der Waals surface area (Å²) in [5.41, 5.74) is 0.621. The van der Waals surface area contributed by atoms with Crippen LogP contribution >= 0.6 is 11.9 Å². The van der Waals surface area contributed by atoms with Crippen LogP contribution in [0.2, 0.25) is 0 Å². The fraction of sp³-hybridized carbons (Fsp3) is 0.250. The van der Waals surface area contributed by atoms with E-state index < -0.39 is 11.7 Å². The highest BCUT2D eigenvalue weighted by Crippen LogP contribution is 2.34. The van der Waals surface area contributed by atoms with Crippen molar-refractivity contribution in [3.05, 3.63) is 53.1 Å². The van der Waals surface area contributed by atoms with Crippen molar-refractivity contribution in [2.75, 3.05) is 6.79 Å². The molecule has 0 unspecified atom stereocenters. The second-order valence-corrected chi connectivity index (χ2v) is 6.05. The predicted molar refractivity (Wildman–Crippen MR) is 81.4 cm³/mol. The van der Waals surface area contributed by atoms with Gasteiger partial charge in [0.1, 0.15) is 0 Å². The van der Waals surface area contributed by atoms with Crippen LogP contribution in [0.25, 0.3) is 0 Å². The second kappa shape index (κ2) is 6.33. The Morgan fingerprint density at radius 3 is 2.61 bits per heavy atom. The summed E-state index contributed by atoms with van der Waals surface area (Å²) < 4.78 is 51.8. The molecule has 0 spiro atoms. The molecule has 0 radical (unpaired) electrons. The first-order valence-corrected chi connectivity index (χ1v) is 7.71. The van der Waals surface area contributed by atoms with Crippen LogP contribution in [0.5, 0.6) is 11.5 Å². The van der Waals surface area contributed by atoms with Crippen LogP contribution in [-0.2, 0) is 12.7 Å². The molecule has 0 aromatic heterocycles. The Kier molecular flexibility index (Phi) is 4.41. The van der Waals surface area contributed by atoms with Gasteiger partial charge in [-0.1, -0.05) is 6.07 Å². The summed E-state index contributed by atoms with van der Waals surface area (Å²) >= 11 is 1.29. The summed E-state index contributed by atoms with van der Waals surface area (Å²) in [5, 5.41) is 0. The van der Waals surface area contributed by atoms with Gasteiger partial charge >= 0.3 is 6.18 Å². The molecule has 0 amide bonds. The number of hydrogen-bond acceptors (Lipinski definition) is 4. The van der Waals surface area contributed by atoms with E-state index in [0.717, 1.165) is 22.3 Å². The first kappa shape index (κ1) is 16.0. The van der Waals surface area contributed by atoms with E-state index in [9.17, 15) is 13.2 Å². The Morgan fingerprint density at radius 2 is 1.87 bits per heavy atom. The molecule has 3 nitrogen and oxygen atoms in total. The van der Waals surface area contributed by atoms with Gasteiger partial charge < -0.3 is 9.47 Å². The molecule has 122 valence electrons. The number of aryl methyl sites for hydroxylation is 1. The van der Waals surface area contributed by atoms with Crippen LogP contribution in [0.3, 0.4) is 0 Å². The number of nitrogens with one attached hydrogen (secondary N) is 1. The third-order valence-electron chi connectivity index (χ3n) is 3.41. The third kappa shape index (κ3) is 3.73. The van der Waals surface area contributed by atoms with Crippen LogP contribution in [0, 0.1) is 6.92 Å². The summed E-state index contributed by atoms with van der Waals surface area (Å²) in [5.74, 6) is 1.43. The number of hydrogen-bond donors (Lipinski definition) is 1. The van der Waals surface area contributed by atoms with Crippen molar-refractivity contribution in [1.82, 2.24) is 4.72 Å². The molecular formula is C16H14F3NO2S. The lowest BCUT2D eigenvalue weighted by molar-refractivity contribution is -0.138. The van der Waals surface area contributed by atoms with Crippen LogP contribution in [0.4, 0.5) is 13.2 Å². The van der Waals surface area contributed by atoms with Crippen molar-refractivity contribution in [2.45, 2.75) is 24.5 Å². The van der Waals surface area contributed by atoms with Gasteiger partial charge in [-0.05, 0) is 60.3 Å². The predicted octanol–water partition coefficient (Wildman–Crippen LogP) is 4.54. The molecule has 0 fully saturated rings. The van der Waals surface area contributed by atoms with Gasteiger partial charge in [-0.3, -0.25) is 4.72 Å². The highest BCUT2D eigenvalue weighted by atomic mass is 32.2. The van der Waals surface area contributed by atoms with Crippen LogP contribution in [-0.4, -0.2) is 6.79 Å². The van der Waals surface area contributed by atoms with Gasteiger partial charge in [-0.25, -0.2) is 0 Å². The minimum Gasteiger partial charge on any atom is -0.454 e. The van der Waals surface area contributed by atoms with Crippen molar-refractivity contribution in [1.29, 1.82) is 0 Å². The minimum atomic E-state index is -4.31. The summed E-state index contributed by atoms with van der Waals surface area (Å²) in [4.78, 5) is 0.733. The number of benzene rings is 2. The van der Waals surface area contributed by atoms with Gasteiger partial charge in [0, 0.05) is 11.4 Å². The zero-order valence-electron chi connectivity index (χ0n) is 12.2. The molecule has 7 heteroatoms. The summed E-state index contributed by atoms with van der Waals surface area (Å²) in [6, 6.07) is 9.74. The Morgan fingerprint density at radius 1 is 1.09 bits per heavy atom. The van der Waals surface area contributed by atoms with E-state index in [-0.39, 0.29) is 12.4 Å². The van der Waals surface area contributed by atoms with Crippen molar-refractivity contribution < 1.29 is 22.6 Å². The molecule has 1 heterocycles. The van der Waals surface area contributed by atoms with E-state index in [2.05, 4.69) is 4.72 Å². The normalized spacial score (nSPS) is 13.4. The summed E-state index contributed by atoms with van der Waals surface area (Å²) in [6.07, 6.45) is -4.31. The molecular weight excluding hydrogens is 327 g/mol. The first-order chi connectivity index (χ1) is 10.9. The lowest BCUT2D eigenvalue weighted by atomic mass is 10.1.